The molecule has 2 rings (SSSR count). The Kier molecular flexibility index (Phi) is 4.88. The molecule has 0 radical (unpaired) electrons. The molecule has 7 heteroatoms. The van der Waals surface area contributed by atoms with Gasteiger partial charge in [-0.05, 0) is 23.6 Å². The van der Waals surface area contributed by atoms with Gasteiger partial charge in [0.25, 0.3) is 0 Å². The summed E-state index contributed by atoms with van der Waals surface area (Å²) in [5.41, 5.74) is 7.39. The van der Waals surface area contributed by atoms with Gasteiger partial charge in [0.15, 0.2) is 0 Å². The van der Waals surface area contributed by atoms with Crippen LogP contribution in [0.2, 0.25) is 0 Å². The van der Waals surface area contributed by atoms with Crippen LogP contribution < -0.4 is 16.4 Å². The monoisotopic (exact) mass is 309 g/mol. The van der Waals surface area contributed by atoms with Crippen LogP contribution in [0, 0.1) is 0 Å². The lowest BCUT2D eigenvalue weighted by molar-refractivity contribution is -0.124. The maximum Gasteiger partial charge on any atom is 0.228 e. The Hall–Kier alpha value is -2.70. The van der Waals surface area contributed by atoms with Gasteiger partial charge < -0.3 is 21.2 Å². The summed E-state index contributed by atoms with van der Waals surface area (Å²) >= 11 is 0. The molecule has 0 saturated carbocycles. The molecule has 1 atom stereocenters. The molecule has 0 saturated heterocycles. The number of hydrogen-bond donors (Lipinski definition) is 3. The van der Waals surface area contributed by atoms with Crippen molar-refractivity contribution in [3.63, 3.8) is 0 Å². The molecule has 0 spiro atoms. The number of nitrogens with two attached hydrogens (primary N) is 1. The number of hydrogen-bond acceptors (Lipinski definition) is 4. The zero-order valence-electron chi connectivity index (χ0n) is 11.9. The Balaban J connectivity index is 0. The second-order valence-electron chi connectivity index (χ2n) is 5.21. The maximum atomic E-state index is 11.9. The van der Waals surface area contributed by atoms with Gasteiger partial charge in [-0.1, -0.05) is 12.1 Å². The number of carbonyl (C=O) groups excluding carboxylic acids is 4. The summed E-state index contributed by atoms with van der Waals surface area (Å²) in [6.07, 6.45) is 1.22. The van der Waals surface area contributed by atoms with E-state index in [0.29, 0.717) is 12.7 Å². The number of benzene rings is 1. The van der Waals surface area contributed by atoms with Crippen LogP contribution in [0.15, 0.2) is 18.2 Å². The average molecular weight is 309 g/mol. The lowest BCUT2D eigenvalue weighted by atomic mass is 10.1. The largest absolute Gasteiger partial charge is 0.370 e. The summed E-state index contributed by atoms with van der Waals surface area (Å²) in [5, 5.41) is 5.27. The Morgan fingerprint density at radius 1 is 1.45 bits per heavy atom. The van der Waals surface area contributed by atoms with Crippen molar-refractivity contribution >= 4 is 29.7 Å². The van der Waals surface area contributed by atoms with Gasteiger partial charge >= 0.3 is 0 Å². The molecule has 1 aromatic carbocycles. The maximum absolute atomic E-state index is 11.9. The third kappa shape index (κ3) is 4.15. The van der Waals surface area contributed by atoms with Crippen LogP contribution in [0.3, 0.4) is 0 Å². The van der Waals surface area contributed by atoms with Crippen molar-refractivity contribution in [2.24, 2.45) is 5.73 Å². The van der Waals surface area contributed by atoms with Gasteiger partial charge in [-0.3, -0.25) is 14.4 Å². The number of amides is 3. The molecule has 4 N–H and O–H groups in total. The van der Waals surface area contributed by atoms with E-state index in [1.54, 1.807) is 18.2 Å². The number of fused-ring (bicyclic) bond motifs is 1. The van der Waals surface area contributed by atoms with E-state index in [4.69, 9.17) is 5.73 Å². The first-order chi connectivity index (χ1) is 10.5. The lowest BCUT2D eigenvalue weighted by Gasteiger charge is -2.12. The molecule has 22 heavy (non-hydrogen) atoms. The molecule has 7 nitrogen and oxygen atoms in total. The zero-order chi connectivity index (χ0) is 16.1. The smallest absolute Gasteiger partial charge is 0.228 e. The molecule has 3 amide bonds. The fraction of sp³-hybridized carbons (Fsp3) is 0.333. The van der Waals surface area contributed by atoms with Gasteiger partial charge in [0.05, 0.1) is 18.9 Å². The minimum atomic E-state index is -0.724. The first kappa shape index (κ1) is 15.7. The molecule has 1 aliphatic heterocycles. The van der Waals surface area contributed by atoms with E-state index in [0.717, 1.165) is 16.8 Å². The quantitative estimate of drug-likeness (QED) is 0.632. The normalized spacial score (nSPS) is 13.9. The van der Waals surface area contributed by atoms with Crippen LogP contribution in [0.4, 0.5) is 5.69 Å². The predicted molar refractivity (Wildman–Crippen MR) is 85.2 cm³/mol. The number of anilines is 1. The van der Waals surface area contributed by atoms with Crippen LogP contribution in [-0.4, -0.2) is 30.0 Å². The summed E-state index contributed by atoms with van der Waals surface area (Å²) in [6.45, 7) is 0. The topological polar surface area (TPSA) is 118 Å². The molecule has 122 valence electrons. The fourth-order valence-corrected chi connectivity index (χ4v) is 2.31. The number of nitrogens with one attached hydrogen (secondary N) is 2. The van der Waals surface area contributed by atoms with E-state index in [-0.39, 0.29) is 35.4 Å². The number of rotatable bonds is 7. The highest BCUT2D eigenvalue weighted by atomic mass is 16.2. The minimum absolute atomic E-state index is 0. The van der Waals surface area contributed by atoms with E-state index in [9.17, 15) is 19.2 Å². The van der Waals surface area contributed by atoms with Crippen molar-refractivity contribution in [1.82, 2.24) is 5.32 Å². The predicted octanol–water partition coefficient (Wildman–Crippen LogP) is 0.411. The van der Waals surface area contributed by atoms with Crippen LogP contribution >= 0.6 is 0 Å². The molecular formula is C15H23N3O4. The van der Waals surface area contributed by atoms with Crippen LogP contribution in [0.5, 0.6) is 0 Å². The average Bonchev–Trinajstić information content (AvgIpc) is 2.82. The molecule has 0 fully saturated rings. The second-order valence-corrected chi connectivity index (χ2v) is 5.21. The van der Waals surface area contributed by atoms with Crippen molar-refractivity contribution in [3.8, 4) is 0 Å². The van der Waals surface area contributed by atoms with Gasteiger partial charge in [0.1, 0.15) is 6.29 Å². The molecule has 0 aliphatic carbocycles. The SMILES string of the molecule is NC(=O)CC[C@H](C=O)NC(=O)Cc1ccc2c(c1)CC(=O)N2.[HH].[HH].[HH]. The van der Waals surface area contributed by atoms with Gasteiger partial charge in [0.2, 0.25) is 17.7 Å². The summed E-state index contributed by atoms with van der Waals surface area (Å²) < 4.78 is 0. The van der Waals surface area contributed by atoms with Gasteiger partial charge in [0, 0.05) is 16.4 Å². The molecule has 1 aliphatic rings. The molecule has 0 aromatic heterocycles. The Labute approximate surface area is 131 Å². The van der Waals surface area contributed by atoms with Crippen LogP contribution in [0.25, 0.3) is 0 Å². The highest BCUT2D eigenvalue weighted by molar-refractivity contribution is 5.99. The minimum Gasteiger partial charge on any atom is -0.370 e. The highest BCUT2D eigenvalue weighted by Gasteiger charge is 2.18. The molecule has 1 heterocycles. The van der Waals surface area contributed by atoms with Gasteiger partial charge in [-0.25, -0.2) is 0 Å². The number of primary amides is 1. The summed E-state index contributed by atoms with van der Waals surface area (Å²) in [5.74, 6) is -0.903. The fourth-order valence-electron chi connectivity index (χ4n) is 2.31. The van der Waals surface area contributed by atoms with Gasteiger partial charge in [-0.2, -0.15) is 0 Å². The van der Waals surface area contributed by atoms with Crippen molar-refractivity contribution in [3.05, 3.63) is 29.3 Å². The third-order valence-electron chi connectivity index (χ3n) is 3.37. The van der Waals surface area contributed by atoms with E-state index in [2.05, 4.69) is 10.6 Å². The van der Waals surface area contributed by atoms with Crippen molar-refractivity contribution in [2.45, 2.75) is 31.7 Å². The summed E-state index contributed by atoms with van der Waals surface area (Å²) in [6, 6.07) is 4.58. The third-order valence-corrected chi connectivity index (χ3v) is 3.37. The van der Waals surface area contributed by atoms with Crippen molar-refractivity contribution in [2.75, 3.05) is 5.32 Å². The summed E-state index contributed by atoms with van der Waals surface area (Å²) in [7, 11) is 0. The van der Waals surface area contributed by atoms with E-state index in [1.165, 1.54) is 0 Å². The van der Waals surface area contributed by atoms with Crippen LogP contribution in [0.1, 0.15) is 28.2 Å². The lowest BCUT2D eigenvalue weighted by Crippen LogP contribution is -2.37. The van der Waals surface area contributed by atoms with Crippen LogP contribution in [-0.2, 0) is 32.0 Å². The van der Waals surface area contributed by atoms with E-state index in [1.807, 2.05) is 0 Å². The number of carbonyl (C=O) groups is 4. The van der Waals surface area contributed by atoms with Crippen molar-refractivity contribution in [1.29, 1.82) is 0 Å². The standard InChI is InChI=1S/C15H17N3O4.3H2/c16-13(20)4-2-11(8-19)17-14(21)6-9-1-3-12-10(5-9)7-15(22)18-12;;;/h1,3,5,8,11H,2,4,6-7H2,(H2,16,20)(H,17,21)(H,18,22);3*1H/t11-;;;/m1.../s1. The van der Waals surface area contributed by atoms with E-state index >= 15 is 0 Å². The Bertz CT molecular complexity index is 640. The Morgan fingerprint density at radius 3 is 2.91 bits per heavy atom. The summed E-state index contributed by atoms with van der Waals surface area (Å²) in [4.78, 5) is 44.8. The zero-order valence-corrected chi connectivity index (χ0v) is 11.9. The first-order valence-corrected chi connectivity index (χ1v) is 6.92. The first-order valence-electron chi connectivity index (χ1n) is 6.92. The second kappa shape index (κ2) is 6.84. The highest BCUT2D eigenvalue weighted by Crippen LogP contribution is 2.23. The Morgan fingerprint density at radius 2 is 2.23 bits per heavy atom. The van der Waals surface area contributed by atoms with E-state index < -0.39 is 11.9 Å². The van der Waals surface area contributed by atoms with Crippen molar-refractivity contribution < 1.29 is 23.5 Å². The molecule has 0 unspecified atom stereocenters. The molecule has 0 bridgehead atoms. The van der Waals surface area contributed by atoms with Gasteiger partial charge in [-0.15, -0.1) is 0 Å². The molecular weight excluding hydrogens is 286 g/mol. The molecule has 1 aromatic rings. The number of aldehydes is 1.